The summed E-state index contributed by atoms with van der Waals surface area (Å²) in [7, 11) is 0. The van der Waals surface area contributed by atoms with Gasteiger partial charge < -0.3 is 14.8 Å². The summed E-state index contributed by atoms with van der Waals surface area (Å²) >= 11 is 0. The summed E-state index contributed by atoms with van der Waals surface area (Å²) in [5.41, 5.74) is -0.374. The molecule has 0 spiro atoms. The SMILES string of the molecule is CC(C)(C)OC(=O)NCC(=O)OCN1C(=O)CCC(N2C(=O)c3ccccc3C2=O)C1=O. The fourth-order valence-corrected chi connectivity index (χ4v) is 3.33. The van der Waals surface area contributed by atoms with E-state index in [0.29, 0.717) is 4.90 Å². The number of likely N-dealkylation sites (tertiary alicyclic amines) is 1. The van der Waals surface area contributed by atoms with Gasteiger partial charge in [-0.05, 0) is 39.3 Å². The molecule has 0 bridgehead atoms. The predicted molar refractivity (Wildman–Crippen MR) is 107 cm³/mol. The Kier molecular flexibility index (Phi) is 6.28. The molecule has 1 unspecified atom stereocenters. The van der Waals surface area contributed by atoms with E-state index in [1.807, 2.05) is 0 Å². The molecule has 1 aromatic rings. The number of hydrogen-bond donors (Lipinski definition) is 1. The first-order valence-corrected chi connectivity index (χ1v) is 9.93. The highest BCUT2D eigenvalue weighted by Gasteiger charge is 2.47. The van der Waals surface area contributed by atoms with Gasteiger partial charge in [0, 0.05) is 6.42 Å². The number of rotatable bonds is 5. The summed E-state index contributed by atoms with van der Waals surface area (Å²) in [6.45, 7) is 3.73. The van der Waals surface area contributed by atoms with E-state index in [4.69, 9.17) is 9.47 Å². The van der Waals surface area contributed by atoms with Crippen LogP contribution in [-0.4, -0.2) is 70.4 Å². The van der Waals surface area contributed by atoms with Crippen molar-refractivity contribution < 1.29 is 38.2 Å². The molecule has 1 fully saturated rings. The summed E-state index contributed by atoms with van der Waals surface area (Å²) in [6.07, 6.45) is -0.962. The van der Waals surface area contributed by atoms with Gasteiger partial charge in [-0.2, -0.15) is 0 Å². The quantitative estimate of drug-likeness (QED) is 0.519. The maximum Gasteiger partial charge on any atom is 0.408 e. The molecule has 2 aliphatic rings. The van der Waals surface area contributed by atoms with E-state index in [1.165, 1.54) is 12.1 Å². The molecule has 1 saturated heterocycles. The lowest BCUT2D eigenvalue weighted by atomic mass is 10.0. The van der Waals surface area contributed by atoms with Gasteiger partial charge >= 0.3 is 12.1 Å². The highest BCUT2D eigenvalue weighted by molar-refractivity contribution is 6.23. The van der Waals surface area contributed by atoms with Gasteiger partial charge in [-0.1, -0.05) is 12.1 Å². The highest BCUT2D eigenvalue weighted by atomic mass is 16.6. The van der Waals surface area contributed by atoms with Crippen LogP contribution in [0.1, 0.15) is 54.3 Å². The molecule has 1 N–H and O–H groups in total. The molecule has 32 heavy (non-hydrogen) atoms. The van der Waals surface area contributed by atoms with Gasteiger partial charge in [0.05, 0.1) is 11.1 Å². The number of esters is 1. The standard InChI is InChI=1S/C21H23N3O8/c1-21(2,3)32-20(30)22-10-16(26)31-11-23-15(25)9-8-14(19(23)29)24-17(27)12-6-4-5-7-13(12)18(24)28/h4-7,14H,8-11H2,1-3H3,(H,22,30). The third-order valence-electron chi connectivity index (χ3n) is 4.75. The molecule has 0 saturated carbocycles. The van der Waals surface area contributed by atoms with Crippen LogP contribution in [0.15, 0.2) is 24.3 Å². The summed E-state index contributed by atoms with van der Waals surface area (Å²) in [6, 6.07) is 5.02. The van der Waals surface area contributed by atoms with E-state index in [9.17, 15) is 28.8 Å². The Morgan fingerprint density at radius 1 is 1.06 bits per heavy atom. The third kappa shape index (κ3) is 4.76. The first-order valence-electron chi connectivity index (χ1n) is 9.93. The van der Waals surface area contributed by atoms with Gasteiger partial charge in [0.15, 0.2) is 6.73 Å². The molecule has 2 heterocycles. The smallest absolute Gasteiger partial charge is 0.408 e. The number of benzene rings is 1. The van der Waals surface area contributed by atoms with Crippen LogP contribution in [0.4, 0.5) is 4.79 Å². The summed E-state index contributed by atoms with van der Waals surface area (Å²) in [5, 5.41) is 2.20. The van der Waals surface area contributed by atoms with E-state index in [0.717, 1.165) is 4.90 Å². The van der Waals surface area contributed by atoms with Crippen LogP contribution in [0.3, 0.4) is 0 Å². The number of carbonyl (C=O) groups is 6. The average molecular weight is 445 g/mol. The van der Waals surface area contributed by atoms with Crippen molar-refractivity contribution in [1.82, 2.24) is 15.1 Å². The zero-order valence-corrected chi connectivity index (χ0v) is 17.9. The van der Waals surface area contributed by atoms with Gasteiger partial charge in [0.1, 0.15) is 18.2 Å². The molecular formula is C21H23N3O8. The van der Waals surface area contributed by atoms with Gasteiger partial charge in [-0.25, -0.2) is 9.69 Å². The van der Waals surface area contributed by atoms with Crippen LogP contribution in [0.2, 0.25) is 0 Å². The van der Waals surface area contributed by atoms with Crippen molar-refractivity contribution in [2.24, 2.45) is 0 Å². The van der Waals surface area contributed by atoms with Crippen molar-refractivity contribution >= 4 is 35.7 Å². The third-order valence-corrected chi connectivity index (χ3v) is 4.75. The van der Waals surface area contributed by atoms with E-state index in [2.05, 4.69) is 5.32 Å². The largest absolute Gasteiger partial charge is 0.444 e. The van der Waals surface area contributed by atoms with Crippen molar-refractivity contribution in [1.29, 1.82) is 0 Å². The van der Waals surface area contributed by atoms with Crippen molar-refractivity contribution in [3.05, 3.63) is 35.4 Å². The molecule has 0 aliphatic carbocycles. The van der Waals surface area contributed by atoms with E-state index in [-0.39, 0.29) is 24.0 Å². The Labute approximate surface area is 183 Å². The van der Waals surface area contributed by atoms with Crippen molar-refractivity contribution in [2.75, 3.05) is 13.3 Å². The Morgan fingerprint density at radius 2 is 1.66 bits per heavy atom. The number of nitrogens with zero attached hydrogens (tertiary/aromatic N) is 2. The number of ether oxygens (including phenoxy) is 2. The molecule has 1 aromatic carbocycles. The van der Waals surface area contributed by atoms with Crippen molar-refractivity contribution in [3.63, 3.8) is 0 Å². The number of amides is 5. The van der Waals surface area contributed by atoms with Crippen LogP contribution < -0.4 is 5.32 Å². The molecule has 5 amide bonds. The number of fused-ring (bicyclic) bond motifs is 1. The minimum atomic E-state index is -1.18. The predicted octanol–water partition coefficient (Wildman–Crippen LogP) is 0.826. The molecule has 0 aromatic heterocycles. The van der Waals surface area contributed by atoms with E-state index in [1.54, 1.807) is 32.9 Å². The van der Waals surface area contributed by atoms with E-state index >= 15 is 0 Å². The molecule has 1 atom stereocenters. The lowest BCUT2D eigenvalue weighted by molar-refractivity contribution is -0.163. The maximum absolute atomic E-state index is 12.9. The maximum atomic E-state index is 12.9. The van der Waals surface area contributed by atoms with Crippen LogP contribution >= 0.6 is 0 Å². The number of nitrogens with one attached hydrogen (secondary N) is 1. The number of alkyl carbamates (subject to hydrolysis) is 1. The Balaban J connectivity index is 1.60. The Hall–Kier alpha value is -3.76. The normalized spacial score (nSPS) is 18.5. The zero-order chi connectivity index (χ0) is 23.6. The second-order valence-electron chi connectivity index (χ2n) is 8.24. The van der Waals surface area contributed by atoms with Crippen LogP contribution in [0, 0.1) is 0 Å². The molecule has 11 heteroatoms. The number of carbonyl (C=O) groups excluding carboxylic acids is 6. The highest BCUT2D eigenvalue weighted by Crippen LogP contribution is 2.28. The first kappa shape index (κ1) is 22.9. The summed E-state index contributed by atoms with van der Waals surface area (Å²) < 4.78 is 9.90. The minimum absolute atomic E-state index is 0.0201. The van der Waals surface area contributed by atoms with Gasteiger partial charge in [-0.15, -0.1) is 0 Å². The number of piperidine rings is 1. The minimum Gasteiger partial charge on any atom is -0.444 e. The summed E-state index contributed by atoms with van der Waals surface area (Å²) in [4.78, 5) is 75.4. The van der Waals surface area contributed by atoms with Crippen LogP contribution in [-0.2, 0) is 23.9 Å². The summed E-state index contributed by atoms with van der Waals surface area (Å²) in [5.74, 6) is -3.55. The monoisotopic (exact) mass is 445 g/mol. The second-order valence-corrected chi connectivity index (χ2v) is 8.24. The van der Waals surface area contributed by atoms with Gasteiger partial charge in [0.2, 0.25) is 5.91 Å². The van der Waals surface area contributed by atoms with Crippen molar-refractivity contribution in [2.45, 2.75) is 45.3 Å². The first-order chi connectivity index (χ1) is 15.0. The molecular weight excluding hydrogens is 422 g/mol. The second kappa shape index (κ2) is 8.77. The number of hydrogen-bond acceptors (Lipinski definition) is 8. The van der Waals surface area contributed by atoms with E-state index < -0.39 is 60.6 Å². The van der Waals surface area contributed by atoms with Crippen LogP contribution in [0.5, 0.6) is 0 Å². The molecule has 3 rings (SSSR count). The average Bonchev–Trinajstić information content (AvgIpc) is 2.96. The molecule has 170 valence electrons. The topological polar surface area (TPSA) is 139 Å². The lowest BCUT2D eigenvalue weighted by Crippen LogP contribution is -2.56. The molecule has 2 aliphatic heterocycles. The Morgan fingerprint density at radius 3 is 2.22 bits per heavy atom. The fraction of sp³-hybridized carbons (Fsp3) is 0.429. The van der Waals surface area contributed by atoms with Gasteiger partial charge in [-0.3, -0.25) is 28.9 Å². The van der Waals surface area contributed by atoms with Gasteiger partial charge in [0.25, 0.3) is 17.7 Å². The lowest BCUT2D eigenvalue weighted by Gasteiger charge is -2.33. The zero-order valence-electron chi connectivity index (χ0n) is 17.9. The fourth-order valence-electron chi connectivity index (χ4n) is 3.33. The number of imide groups is 2. The van der Waals surface area contributed by atoms with Crippen LogP contribution in [0.25, 0.3) is 0 Å². The van der Waals surface area contributed by atoms with Crippen molar-refractivity contribution in [3.8, 4) is 0 Å². The molecule has 0 radical (unpaired) electrons. The molecule has 11 nitrogen and oxygen atoms in total. The Bertz CT molecular complexity index is 962.